The van der Waals surface area contributed by atoms with Gasteiger partial charge in [-0.2, -0.15) is 0 Å². The maximum absolute atomic E-state index is 12.9. The van der Waals surface area contributed by atoms with Crippen molar-refractivity contribution in [2.24, 2.45) is 5.92 Å². The number of carbonyl (C=O) groups excluding carboxylic acids is 2. The highest BCUT2D eigenvalue weighted by Crippen LogP contribution is 2.21. The summed E-state index contributed by atoms with van der Waals surface area (Å²) in [6, 6.07) is 9.29. The number of amides is 2. The summed E-state index contributed by atoms with van der Waals surface area (Å²) in [6.45, 7) is 3.25. The van der Waals surface area contributed by atoms with Gasteiger partial charge in [-0.3, -0.25) is 23.9 Å². The molecule has 0 aliphatic carbocycles. The lowest BCUT2D eigenvalue weighted by molar-refractivity contribution is -0.133. The third-order valence-corrected chi connectivity index (χ3v) is 5.96. The van der Waals surface area contributed by atoms with E-state index < -0.39 is 11.2 Å². The van der Waals surface area contributed by atoms with Gasteiger partial charge in [0.1, 0.15) is 11.5 Å². The zero-order chi connectivity index (χ0) is 24.0. The lowest BCUT2D eigenvalue weighted by Gasteiger charge is -2.33. The van der Waals surface area contributed by atoms with Crippen molar-refractivity contribution in [1.29, 1.82) is 0 Å². The first-order valence-corrected chi connectivity index (χ1v) is 11.3. The molecule has 0 radical (unpaired) electrons. The number of anilines is 3. The number of aromatic amines is 1. The fraction of sp³-hybridized carbons (Fsp3) is 0.478. The van der Waals surface area contributed by atoms with Crippen molar-refractivity contribution < 1.29 is 9.59 Å². The molecule has 0 bridgehead atoms. The molecule has 2 amide bonds. The normalized spacial score (nSPS) is 14.2. The van der Waals surface area contributed by atoms with Gasteiger partial charge in [0.05, 0.1) is 6.54 Å². The lowest BCUT2D eigenvalue weighted by atomic mass is 9.95. The summed E-state index contributed by atoms with van der Waals surface area (Å²) in [4.78, 5) is 55.3. The summed E-state index contributed by atoms with van der Waals surface area (Å²) >= 11 is 0. The van der Waals surface area contributed by atoms with Crippen LogP contribution in [0.5, 0.6) is 0 Å². The zero-order valence-electron chi connectivity index (χ0n) is 19.2. The van der Waals surface area contributed by atoms with Crippen molar-refractivity contribution >= 4 is 29.0 Å². The molecule has 0 atom stereocenters. The molecule has 178 valence electrons. The van der Waals surface area contributed by atoms with Gasteiger partial charge >= 0.3 is 5.69 Å². The zero-order valence-corrected chi connectivity index (χ0v) is 19.2. The van der Waals surface area contributed by atoms with Crippen LogP contribution in [0.4, 0.5) is 17.2 Å². The first-order valence-electron chi connectivity index (χ1n) is 11.3. The van der Waals surface area contributed by atoms with E-state index in [0.29, 0.717) is 32.5 Å². The van der Waals surface area contributed by atoms with Gasteiger partial charge in [0, 0.05) is 38.3 Å². The molecule has 33 heavy (non-hydrogen) atoms. The highest BCUT2D eigenvalue weighted by atomic mass is 16.2. The Hall–Kier alpha value is -3.56. The van der Waals surface area contributed by atoms with E-state index in [2.05, 4.69) is 10.3 Å². The van der Waals surface area contributed by atoms with E-state index in [1.807, 2.05) is 37.3 Å². The second kappa shape index (κ2) is 10.8. The molecule has 0 spiro atoms. The summed E-state index contributed by atoms with van der Waals surface area (Å²) in [7, 11) is 1.60. The largest absolute Gasteiger partial charge is 0.383 e. The van der Waals surface area contributed by atoms with Crippen molar-refractivity contribution in [3.05, 3.63) is 51.2 Å². The molecule has 0 saturated carbocycles. The van der Waals surface area contributed by atoms with Gasteiger partial charge in [0.2, 0.25) is 11.8 Å². The minimum Gasteiger partial charge on any atom is -0.383 e. The summed E-state index contributed by atoms with van der Waals surface area (Å²) in [5.41, 5.74) is 5.83. The van der Waals surface area contributed by atoms with Crippen molar-refractivity contribution in [2.45, 2.75) is 39.2 Å². The minimum absolute atomic E-state index is 0.0425. The van der Waals surface area contributed by atoms with Crippen molar-refractivity contribution in [2.75, 3.05) is 42.6 Å². The third kappa shape index (κ3) is 5.82. The predicted molar refractivity (Wildman–Crippen MR) is 128 cm³/mol. The van der Waals surface area contributed by atoms with Gasteiger partial charge < -0.3 is 20.9 Å². The van der Waals surface area contributed by atoms with E-state index in [4.69, 9.17) is 5.73 Å². The Balaban J connectivity index is 1.59. The Kier molecular flexibility index (Phi) is 7.92. The summed E-state index contributed by atoms with van der Waals surface area (Å²) in [5.74, 6) is -0.306. The van der Waals surface area contributed by atoms with Crippen LogP contribution in [0.25, 0.3) is 0 Å². The average molecular weight is 457 g/mol. The Morgan fingerprint density at radius 1 is 1.18 bits per heavy atom. The SMILES string of the molecule is CCCCn1c(N)c(N(C)CC(=O)N2CCC(C(=O)Nc3ccccc3)CC2)c(=O)[nH]c1=O. The fourth-order valence-electron chi connectivity index (χ4n) is 4.02. The highest BCUT2D eigenvalue weighted by Gasteiger charge is 2.28. The second-order valence-corrected chi connectivity index (χ2v) is 8.36. The molecule has 2 aromatic rings. The van der Waals surface area contributed by atoms with Gasteiger partial charge in [-0.15, -0.1) is 0 Å². The van der Waals surface area contributed by atoms with Gasteiger partial charge in [-0.1, -0.05) is 31.5 Å². The number of likely N-dealkylation sites (tertiary alicyclic amines) is 1. The van der Waals surface area contributed by atoms with Crippen LogP contribution in [0.1, 0.15) is 32.6 Å². The molecule has 4 N–H and O–H groups in total. The van der Waals surface area contributed by atoms with Crippen molar-refractivity contribution in [1.82, 2.24) is 14.5 Å². The lowest BCUT2D eigenvalue weighted by Crippen LogP contribution is -2.46. The molecular formula is C23H32N6O4. The number of nitrogen functional groups attached to an aromatic ring is 1. The molecule has 2 heterocycles. The van der Waals surface area contributed by atoms with E-state index in [0.717, 1.165) is 18.5 Å². The number of likely N-dealkylation sites (N-methyl/N-ethyl adjacent to an activating group) is 1. The van der Waals surface area contributed by atoms with Crippen LogP contribution < -0.4 is 27.2 Å². The van der Waals surface area contributed by atoms with Gasteiger partial charge in [0.15, 0.2) is 0 Å². The smallest absolute Gasteiger partial charge is 0.330 e. The van der Waals surface area contributed by atoms with E-state index in [1.54, 1.807) is 11.9 Å². The van der Waals surface area contributed by atoms with Crippen molar-refractivity contribution in [3.8, 4) is 0 Å². The molecule has 1 aromatic carbocycles. The predicted octanol–water partition coefficient (Wildman–Crippen LogP) is 1.23. The Bertz CT molecular complexity index is 1090. The van der Waals surface area contributed by atoms with Crippen LogP contribution in [-0.4, -0.2) is 52.9 Å². The van der Waals surface area contributed by atoms with E-state index in [1.165, 1.54) is 9.47 Å². The molecule has 1 aliphatic heterocycles. The maximum Gasteiger partial charge on any atom is 0.330 e. The topological polar surface area (TPSA) is 134 Å². The Morgan fingerprint density at radius 3 is 2.48 bits per heavy atom. The number of piperidine rings is 1. The van der Waals surface area contributed by atoms with Crippen LogP contribution >= 0.6 is 0 Å². The van der Waals surface area contributed by atoms with E-state index >= 15 is 0 Å². The van der Waals surface area contributed by atoms with Crippen molar-refractivity contribution in [3.63, 3.8) is 0 Å². The standard InChI is InChI=1S/C23H32N6O4/c1-3-4-12-29-20(24)19(22(32)26-23(29)33)27(2)15-18(30)28-13-10-16(11-14-28)21(31)25-17-8-6-5-7-9-17/h5-9,16H,3-4,10-15,24H2,1-2H3,(H,25,31)(H,26,32,33). The summed E-state index contributed by atoms with van der Waals surface area (Å²) < 4.78 is 1.33. The molecule has 10 nitrogen and oxygen atoms in total. The number of H-pyrrole nitrogens is 1. The van der Waals surface area contributed by atoms with Crippen LogP contribution in [0.2, 0.25) is 0 Å². The number of rotatable bonds is 8. The number of para-hydroxylation sites is 1. The third-order valence-electron chi connectivity index (χ3n) is 5.96. The minimum atomic E-state index is -0.614. The molecule has 1 saturated heterocycles. The van der Waals surface area contributed by atoms with Crippen LogP contribution in [-0.2, 0) is 16.1 Å². The van der Waals surface area contributed by atoms with E-state index in [-0.39, 0.29) is 35.8 Å². The van der Waals surface area contributed by atoms with Crippen LogP contribution in [0.15, 0.2) is 39.9 Å². The fourth-order valence-corrected chi connectivity index (χ4v) is 4.02. The number of benzene rings is 1. The Labute approximate surface area is 192 Å². The molecule has 10 heteroatoms. The number of carbonyl (C=O) groups is 2. The average Bonchev–Trinajstić information content (AvgIpc) is 2.79. The van der Waals surface area contributed by atoms with E-state index in [9.17, 15) is 19.2 Å². The number of hydrogen-bond donors (Lipinski definition) is 3. The second-order valence-electron chi connectivity index (χ2n) is 8.36. The van der Waals surface area contributed by atoms with Gasteiger partial charge in [-0.25, -0.2) is 4.79 Å². The molecule has 3 rings (SSSR count). The number of aromatic nitrogens is 2. The molecule has 1 fully saturated rings. The number of unbranched alkanes of at least 4 members (excludes halogenated alkanes) is 1. The first-order chi connectivity index (χ1) is 15.8. The number of nitrogens with two attached hydrogens (primary N) is 1. The number of nitrogens with zero attached hydrogens (tertiary/aromatic N) is 3. The summed E-state index contributed by atoms with van der Waals surface area (Å²) in [5, 5.41) is 2.92. The first kappa shape index (κ1) is 24.1. The number of nitrogens with one attached hydrogen (secondary N) is 2. The number of hydrogen-bond acceptors (Lipinski definition) is 6. The Morgan fingerprint density at radius 2 is 1.85 bits per heavy atom. The monoisotopic (exact) mass is 456 g/mol. The van der Waals surface area contributed by atoms with Gasteiger partial charge in [-0.05, 0) is 31.4 Å². The molecule has 0 unspecified atom stereocenters. The molecular weight excluding hydrogens is 424 g/mol. The highest BCUT2D eigenvalue weighted by molar-refractivity contribution is 5.92. The van der Waals surface area contributed by atoms with Crippen LogP contribution in [0.3, 0.4) is 0 Å². The quantitative estimate of drug-likeness (QED) is 0.547. The molecule has 1 aromatic heterocycles. The van der Waals surface area contributed by atoms with Gasteiger partial charge in [0.25, 0.3) is 5.56 Å². The van der Waals surface area contributed by atoms with Crippen LogP contribution in [0, 0.1) is 5.92 Å². The summed E-state index contributed by atoms with van der Waals surface area (Å²) in [6.07, 6.45) is 2.75. The maximum atomic E-state index is 12.9. The molecule has 1 aliphatic rings.